The number of carbonyl (C=O) groups excluding carboxylic acids is 2. The van der Waals surface area contributed by atoms with Crippen LogP contribution in [0.5, 0.6) is 11.6 Å². The Bertz CT molecular complexity index is 1690. The van der Waals surface area contributed by atoms with E-state index in [1.165, 1.54) is 16.2 Å². The molecular formula is C30H30Cl3N5O4S. The maximum absolute atomic E-state index is 14.1. The predicted molar refractivity (Wildman–Crippen MR) is 171 cm³/mol. The van der Waals surface area contributed by atoms with E-state index < -0.39 is 29.5 Å². The van der Waals surface area contributed by atoms with Crippen molar-refractivity contribution in [1.82, 2.24) is 14.9 Å². The molecule has 3 N–H and O–H groups in total. The zero-order valence-electron chi connectivity index (χ0n) is 23.9. The number of pyridine rings is 1. The first-order chi connectivity index (χ1) is 20.3. The molecule has 13 heteroatoms. The maximum atomic E-state index is 14.1. The second-order valence-electron chi connectivity index (χ2n) is 11.3. The second-order valence-corrected chi connectivity index (χ2v) is 13.4. The molecule has 0 radical (unpaired) electrons. The van der Waals surface area contributed by atoms with Gasteiger partial charge in [-0.3, -0.25) is 9.59 Å². The van der Waals surface area contributed by atoms with Gasteiger partial charge in [0.2, 0.25) is 17.7 Å². The van der Waals surface area contributed by atoms with Crippen LogP contribution in [0.4, 0.5) is 5.13 Å². The van der Waals surface area contributed by atoms with E-state index in [0.29, 0.717) is 42.9 Å². The highest BCUT2D eigenvalue weighted by Gasteiger charge is 2.45. The number of rotatable bonds is 8. The molecule has 0 bridgehead atoms. The summed E-state index contributed by atoms with van der Waals surface area (Å²) >= 11 is 19.9. The number of nitrogens with zero attached hydrogens (tertiary/aromatic N) is 3. The third-order valence-electron chi connectivity index (χ3n) is 7.25. The monoisotopic (exact) mass is 661 g/mol. The quantitative estimate of drug-likeness (QED) is 0.216. The molecule has 1 fully saturated rings. The zero-order chi connectivity index (χ0) is 31.1. The first-order valence-electron chi connectivity index (χ1n) is 13.4. The minimum absolute atomic E-state index is 0.142. The molecule has 4 aromatic rings. The number of halogens is 3. The largest absolute Gasteiger partial charge is 0.494 e. The summed E-state index contributed by atoms with van der Waals surface area (Å²) in [4.78, 5) is 37.3. The molecule has 0 saturated carbocycles. The molecule has 1 aliphatic heterocycles. The number of ether oxygens (including phenoxy) is 2. The highest BCUT2D eigenvalue weighted by molar-refractivity contribution is 7.14. The summed E-state index contributed by atoms with van der Waals surface area (Å²) in [6.45, 7) is 5.96. The summed E-state index contributed by atoms with van der Waals surface area (Å²) in [6.07, 6.45) is 1.24. The van der Waals surface area contributed by atoms with Crippen LogP contribution < -0.4 is 20.5 Å². The highest BCUT2D eigenvalue weighted by atomic mass is 35.5. The summed E-state index contributed by atoms with van der Waals surface area (Å²) in [5.74, 6) is -0.00656. The molecule has 0 aliphatic carbocycles. The van der Waals surface area contributed by atoms with Crippen LogP contribution >= 0.6 is 46.1 Å². The van der Waals surface area contributed by atoms with Gasteiger partial charge in [-0.2, -0.15) is 0 Å². The van der Waals surface area contributed by atoms with Crippen LogP contribution in [0, 0.1) is 5.41 Å². The summed E-state index contributed by atoms with van der Waals surface area (Å²) in [5.41, 5.74) is 6.74. The number of fused-ring (bicyclic) bond motifs is 1. The molecule has 43 heavy (non-hydrogen) atoms. The van der Waals surface area contributed by atoms with E-state index >= 15 is 0 Å². The van der Waals surface area contributed by atoms with Gasteiger partial charge in [0.05, 0.1) is 35.6 Å². The number of anilines is 1. The molecule has 1 saturated heterocycles. The number of hydrogen-bond acceptors (Lipinski definition) is 8. The molecule has 3 heterocycles. The lowest BCUT2D eigenvalue weighted by Gasteiger charge is -2.34. The molecule has 2 aromatic carbocycles. The van der Waals surface area contributed by atoms with Crippen molar-refractivity contribution in [2.75, 3.05) is 19.0 Å². The number of carbonyl (C=O) groups is 2. The Morgan fingerprint density at radius 1 is 1.12 bits per heavy atom. The Kier molecular flexibility index (Phi) is 8.94. The fourth-order valence-electron chi connectivity index (χ4n) is 5.04. The first kappa shape index (κ1) is 31.1. The van der Waals surface area contributed by atoms with Crippen LogP contribution in [0.3, 0.4) is 0 Å². The zero-order valence-corrected chi connectivity index (χ0v) is 26.9. The van der Waals surface area contributed by atoms with Crippen molar-refractivity contribution >= 4 is 73.9 Å². The average molecular weight is 663 g/mol. The Morgan fingerprint density at radius 3 is 2.56 bits per heavy atom. The lowest BCUT2D eigenvalue weighted by Crippen LogP contribution is -2.53. The van der Waals surface area contributed by atoms with E-state index in [0.717, 1.165) is 10.9 Å². The van der Waals surface area contributed by atoms with Gasteiger partial charge in [-0.05, 0) is 35.7 Å². The topological polar surface area (TPSA) is 120 Å². The van der Waals surface area contributed by atoms with Crippen LogP contribution in [0.2, 0.25) is 15.1 Å². The van der Waals surface area contributed by atoms with Gasteiger partial charge in [0.1, 0.15) is 23.9 Å². The van der Waals surface area contributed by atoms with E-state index in [1.54, 1.807) is 37.6 Å². The molecule has 3 atom stereocenters. The second kappa shape index (κ2) is 12.4. The lowest BCUT2D eigenvalue weighted by molar-refractivity contribution is -0.139. The minimum atomic E-state index is -0.861. The summed E-state index contributed by atoms with van der Waals surface area (Å²) < 4.78 is 11.7. The maximum Gasteiger partial charge on any atom is 0.246 e. The highest BCUT2D eigenvalue weighted by Crippen LogP contribution is 2.36. The van der Waals surface area contributed by atoms with Crippen LogP contribution in [-0.4, -0.2) is 58.5 Å². The van der Waals surface area contributed by atoms with E-state index in [2.05, 4.69) is 15.3 Å². The number of nitrogens with one attached hydrogen (secondary N) is 1. The molecule has 2 amide bonds. The third-order valence-corrected chi connectivity index (χ3v) is 9.00. The Morgan fingerprint density at radius 2 is 1.88 bits per heavy atom. The first-order valence-corrected chi connectivity index (χ1v) is 15.4. The van der Waals surface area contributed by atoms with Crippen molar-refractivity contribution in [3.8, 4) is 22.9 Å². The van der Waals surface area contributed by atoms with Crippen molar-refractivity contribution < 1.29 is 19.1 Å². The summed E-state index contributed by atoms with van der Waals surface area (Å²) in [5, 5.41) is 8.53. The van der Waals surface area contributed by atoms with Crippen LogP contribution in [0.1, 0.15) is 27.2 Å². The number of thiazole rings is 1. The number of amides is 2. The van der Waals surface area contributed by atoms with E-state index in [1.807, 2.05) is 38.3 Å². The molecule has 9 nitrogen and oxygen atoms in total. The van der Waals surface area contributed by atoms with E-state index in [4.69, 9.17) is 50.0 Å². The smallest absolute Gasteiger partial charge is 0.246 e. The molecule has 0 spiro atoms. The molecule has 1 aliphatic rings. The summed E-state index contributed by atoms with van der Waals surface area (Å²) in [6, 6.07) is 9.02. The fourth-order valence-corrected chi connectivity index (χ4v) is 6.26. The van der Waals surface area contributed by atoms with Gasteiger partial charge in [-0.15, -0.1) is 11.3 Å². The van der Waals surface area contributed by atoms with E-state index in [9.17, 15) is 9.59 Å². The molecule has 5 rings (SSSR count). The molecular weight excluding hydrogens is 633 g/mol. The van der Waals surface area contributed by atoms with Gasteiger partial charge in [0.25, 0.3) is 0 Å². The van der Waals surface area contributed by atoms with Crippen molar-refractivity contribution in [3.63, 3.8) is 0 Å². The average Bonchev–Trinajstić information content (AvgIpc) is 3.60. The molecule has 0 unspecified atom stereocenters. The van der Waals surface area contributed by atoms with Gasteiger partial charge in [-0.25, -0.2) is 9.97 Å². The lowest BCUT2D eigenvalue weighted by atomic mass is 9.85. The number of benzene rings is 2. The molecule has 226 valence electrons. The number of primary amides is 1. The number of methoxy groups -OCH3 is 1. The summed E-state index contributed by atoms with van der Waals surface area (Å²) in [7, 11) is 1.56. The van der Waals surface area contributed by atoms with Gasteiger partial charge in [0, 0.05) is 33.2 Å². The fraction of sp³-hybridized carbons (Fsp3) is 0.333. The predicted octanol–water partition coefficient (Wildman–Crippen LogP) is 6.69. The number of likely N-dealkylation sites (tertiary alicyclic amines) is 1. The van der Waals surface area contributed by atoms with Crippen LogP contribution in [0.15, 0.2) is 48.0 Å². The van der Waals surface area contributed by atoms with E-state index in [-0.39, 0.29) is 18.9 Å². The molecule has 2 aromatic heterocycles. The van der Waals surface area contributed by atoms with Crippen molar-refractivity contribution in [2.24, 2.45) is 11.1 Å². The SMILES string of the molecule is COc1cnc(O[C@@H]2C[C@@H](C(N)=O)N(C(=O)[C@@H](Nc3nc(-c4ccc(Cl)c(Cl)c4)cs3)C(C)(C)C)C2)c2cc(Cl)ccc12. The van der Waals surface area contributed by atoms with Crippen molar-refractivity contribution in [2.45, 2.75) is 45.4 Å². The Hall–Kier alpha value is -3.31. The minimum Gasteiger partial charge on any atom is -0.494 e. The van der Waals surface area contributed by atoms with Crippen molar-refractivity contribution in [1.29, 1.82) is 0 Å². The normalized spacial score (nSPS) is 17.6. The number of aromatic nitrogens is 2. The van der Waals surface area contributed by atoms with Gasteiger partial charge < -0.3 is 25.4 Å². The van der Waals surface area contributed by atoms with Gasteiger partial charge in [0.15, 0.2) is 5.13 Å². The number of hydrogen-bond donors (Lipinski definition) is 2. The van der Waals surface area contributed by atoms with Crippen molar-refractivity contribution in [3.05, 3.63) is 63.0 Å². The van der Waals surface area contributed by atoms with Crippen LogP contribution in [-0.2, 0) is 9.59 Å². The Balaban J connectivity index is 1.38. The van der Waals surface area contributed by atoms with Crippen LogP contribution in [0.25, 0.3) is 22.0 Å². The third kappa shape index (κ3) is 6.62. The Labute approximate surface area is 268 Å². The van der Waals surface area contributed by atoms with Gasteiger partial charge >= 0.3 is 0 Å². The van der Waals surface area contributed by atoms with Gasteiger partial charge in [-0.1, -0.05) is 61.6 Å². The standard InChI is InChI=1S/C30H30Cl3N5O4S/c1-30(2,3)25(37-29-36-22(14-43-29)15-5-8-20(32)21(33)9-15)28(40)38-13-17(11-23(38)26(34)39)42-27-19-10-16(31)6-7-18(19)24(41-4)12-35-27/h5-10,12,14,17,23,25H,11,13H2,1-4H3,(H2,34,39)(H,36,37)/t17-,23+,25-/m1/s1. The number of nitrogens with two attached hydrogens (primary N) is 1.